The van der Waals surface area contributed by atoms with Gasteiger partial charge in [0.05, 0.1) is 19.1 Å². The minimum atomic E-state index is -1.20. The first-order valence-electron chi connectivity index (χ1n) is 13.7. The Labute approximate surface area is 240 Å². The second kappa shape index (κ2) is 17.8. The van der Waals surface area contributed by atoms with E-state index in [-0.39, 0.29) is 17.8 Å². The molecule has 0 bridgehead atoms. The van der Waals surface area contributed by atoms with Crippen LogP contribution in [0.4, 0.5) is 0 Å². The second-order valence-corrected chi connectivity index (χ2v) is 10.7. The molecule has 0 rings (SSSR count). The highest BCUT2D eigenvalue weighted by Gasteiger charge is 2.31. The zero-order chi connectivity index (χ0) is 32.0. The summed E-state index contributed by atoms with van der Waals surface area (Å²) in [5, 5.41) is 23.9. The van der Waals surface area contributed by atoms with Gasteiger partial charge in [-0.2, -0.15) is 0 Å². The summed E-state index contributed by atoms with van der Waals surface area (Å²) < 4.78 is 0. The third kappa shape index (κ3) is 13.4. The lowest BCUT2D eigenvalue weighted by molar-refractivity contribution is -0.143. The molecule has 0 spiro atoms. The lowest BCUT2D eigenvalue weighted by Gasteiger charge is -2.26. The molecule has 0 fully saturated rings. The molecule has 0 aliphatic rings. The maximum Gasteiger partial charge on any atom is 0.326 e. The Morgan fingerprint density at radius 1 is 0.610 bits per heavy atom. The molecule has 0 saturated carbocycles. The number of nitrogens with one attached hydrogen (secondary N) is 6. The van der Waals surface area contributed by atoms with E-state index in [0.717, 1.165) is 0 Å². The van der Waals surface area contributed by atoms with E-state index in [1.807, 2.05) is 6.92 Å². The summed E-state index contributed by atoms with van der Waals surface area (Å²) in [6, 6.07) is -4.94. The molecule has 0 heterocycles. The second-order valence-electron chi connectivity index (χ2n) is 10.7. The van der Waals surface area contributed by atoms with E-state index >= 15 is 0 Å². The summed E-state index contributed by atoms with van der Waals surface area (Å²) >= 11 is 0. The van der Waals surface area contributed by atoms with Gasteiger partial charge in [0.15, 0.2) is 0 Å². The van der Waals surface area contributed by atoms with Crippen LogP contribution in [-0.4, -0.2) is 89.8 Å². The minimum absolute atomic E-state index is 0.236. The van der Waals surface area contributed by atoms with Crippen molar-refractivity contribution in [2.24, 2.45) is 23.5 Å². The lowest BCUT2D eigenvalue weighted by atomic mass is 9.97. The number of amides is 6. The third-order valence-corrected chi connectivity index (χ3v) is 6.32. The highest BCUT2D eigenvalue weighted by atomic mass is 16.4. The number of carbonyl (C=O) groups is 7. The van der Waals surface area contributed by atoms with E-state index in [4.69, 9.17) is 5.73 Å². The summed E-state index contributed by atoms with van der Waals surface area (Å²) in [4.78, 5) is 85.6. The van der Waals surface area contributed by atoms with Gasteiger partial charge in [-0.25, -0.2) is 4.79 Å². The van der Waals surface area contributed by atoms with E-state index < -0.39 is 84.7 Å². The maximum absolute atomic E-state index is 12.7. The molecule has 9 N–H and O–H groups in total. The number of hydrogen-bond acceptors (Lipinski definition) is 8. The molecule has 15 heteroatoms. The van der Waals surface area contributed by atoms with Crippen molar-refractivity contribution in [3.8, 4) is 0 Å². The van der Waals surface area contributed by atoms with Crippen LogP contribution in [0.1, 0.15) is 61.8 Å². The highest BCUT2D eigenvalue weighted by Crippen LogP contribution is 2.09. The number of rotatable bonds is 17. The Morgan fingerprint density at radius 3 is 1.56 bits per heavy atom. The summed E-state index contributed by atoms with van der Waals surface area (Å²) in [5.41, 5.74) is 5.57. The number of nitrogens with two attached hydrogens (primary N) is 1. The van der Waals surface area contributed by atoms with Gasteiger partial charge < -0.3 is 42.7 Å². The first kappa shape index (κ1) is 37.2. The zero-order valence-electron chi connectivity index (χ0n) is 25.1. The molecule has 15 nitrogen and oxygen atoms in total. The Hall–Kier alpha value is -3.75. The standard InChI is InChI=1S/C26H47N7O8/c1-9-14(6)21(33-22(36)15(7)27)25(39)30-16(8)23(37)29-10-17(34)28-11-18(35)31-19(12(2)3)24(38)32-20(13(4)5)26(40)41/h12-16,19-21H,9-11,27H2,1-8H3,(H,28,34)(H,29,37)(H,30,39)(H,31,35)(H,32,38)(H,33,36)(H,40,41)/t14-,15-,16-,19-,20-,21-/m0/s1. The van der Waals surface area contributed by atoms with E-state index in [0.29, 0.717) is 6.42 Å². The maximum atomic E-state index is 12.7. The predicted molar refractivity (Wildman–Crippen MR) is 150 cm³/mol. The Bertz CT molecular complexity index is 954. The molecule has 41 heavy (non-hydrogen) atoms. The van der Waals surface area contributed by atoms with Crippen LogP contribution in [0.3, 0.4) is 0 Å². The number of aliphatic carboxylic acids is 1. The van der Waals surface area contributed by atoms with Gasteiger partial charge in [0.1, 0.15) is 24.2 Å². The molecule has 6 atom stereocenters. The third-order valence-electron chi connectivity index (χ3n) is 6.32. The summed E-state index contributed by atoms with van der Waals surface area (Å²) in [5.74, 6) is -6.02. The molecule has 0 aliphatic heterocycles. The van der Waals surface area contributed by atoms with Crippen LogP contribution < -0.4 is 37.6 Å². The van der Waals surface area contributed by atoms with Crippen LogP contribution in [0.5, 0.6) is 0 Å². The lowest BCUT2D eigenvalue weighted by Crippen LogP contribution is -2.57. The van der Waals surface area contributed by atoms with Gasteiger partial charge in [-0.3, -0.25) is 28.8 Å². The van der Waals surface area contributed by atoms with Gasteiger partial charge in [-0.15, -0.1) is 0 Å². The highest BCUT2D eigenvalue weighted by molar-refractivity contribution is 5.95. The molecular weight excluding hydrogens is 538 g/mol. The van der Waals surface area contributed by atoms with Gasteiger partial charge in [0.2, 0.25) is 35.4 Å². The molecule has 6 amide bonds. The first-order valence-corrected chi connectivity index (χ1v) is 13.7. The number of carbonyl (C=O) groups excluding carboxylic acids is 6. The first-order chi connectivity index (χ1) is 18.9. The molecule has 0 radical (unpaired) electrons. The minimum Gasteiger partial charge on any atom is -0.480 e. The summed E-state index contributed by atoms with van der Waals surface area (Å²) in [6.07, 6.45) is 0.578. The Morgan fingerprint density at radius 2 is 1.10 bits per heavy atom. The Balaban J connectivity index is 4.86. The van der Waals surface area contributed by atoms with E-state index in [2.05, 4.69) is 31.9 Å². The predicted octanol–water partition coefficient (Wildman–Crippen LogP) is -2.03. The van der Waals surface area contributed by atoms with Gasteiger partial charge in [0, 0.05) is 0 Å². The van der Waals surface area contributed by atoms with Crippen molar-refractivity contribution in [1.82, 2.24) is 31.9 Å². The van der Waals surface area contributed by atoms with Gasteiger partial charge in [-0.1, -0.05) is 48.0 Å². The van der Waals surface area contributed by atoms with Gasteiger partial charge in [-0.05, 0) is 31.6 Å². The fourth-order valence-corrected chi connectivity index (χ4v) is 3.43. The van der Waals surface area contributed by atoms with Crippen molar-refractivity contribution in [1.29, 1.82) is 0 Å². The van der Waals surface area contributed by atoms with Crippen molar-refractivity contribution in [2.45, 2.75) is 92.0 Å². The van der Waals surface area contributed by atoms with Crippen LogP contribution >= 0.6 is 0 Å². The van der Waals surface area contributed by atoms with Crippen molar-refractivity contribution in [2.75, 3.05) is 13.1 Å². The van der Waals surface area contributed by atoms with Crippen molar-refractivity contribution in [3.05, 3.63) is 0 Å². The topological polar surface area (TPSA) is 238 Å². The Kier molecular flexibility index (Phi) is 16.2. The average molecular weight is 586 g/mol. The summed E-state index contributed by atoms with van der Waals surface area (Å²) in [6.45, 7) is 12.1. The molecule has 0 aliphatic carbocycles. The van der Waals surface area contributed by atoms with Crippen molar-refractivity contribution < 1.29 is 38.7 Å². The van der Waals surface area contributed by atoms with Gasteiger partial charge in [0.25, 0.3) is 0 Å². The quantitative estimate of drug-likeness (QED) is 0.0937. The van der Waals surface area contributed by atoms with Crippen molar-refractivity contribution >= 4 is 41.4 Å². The normalized spacial score (nSPS) is 15.4. The molecule has 0 aromatic carbocycles. The van der Waals surface area contributed by atoms with Gasteiger partial charge >= 0.3 is 5.97 Å². The fourth-order valence-electron chi connectivity index (χ4n) is 3.43. The molecule has 0 aromatic rings. The fraction of sp³-hybridized carbons (Fsp3) is 0.731. The monoisotopic (exact) mass is 585 g/mol. The van der Waals surface area contributed by atoms with E-state index in [1.165, 1.54) is 13.8 Å². The largest absolute Gasteiger partial charge is 0.480 e. The van der Waals surface area contributed by atoms with Crippen LogP contribution in [0.25, 0.3) is 0 Å². The van der Waals surface area contributed by atoms with Crippen molar-refractivity contribution in [3.63, 3.8) is 0 Å². The molecule has 0 saturated heterocycles. The van der Waals surface area contributed by atoms with Crippen LogP contribution in [0.15, 0.2) is 0 Å². The number of carboxylic acid groups (broad SMARTS) is 1. The molecule has 0 unspecified atom stereocenters. The van der Waals surface area contributed by atoms with Crippen LogP contribution in [0, 0.1) is 17.8 Å². The SMILES string of the molecule is CC[C@H](C)[C@H](NC(=O)[C@H](C)N)C(=O)N[C@@H](C)C(=O)NCC(=O)NCC(=O)N[C@H](C(=O)N[C@H](C(=O)O)C(C)C)C(C)C. The number of hydrogen-bond donors (Lipinski definition) is 8. The smallest absolute Gasteiger partial charge is 0.326 e. The van der Waals surface area contributed by atoms with E-state index in [1.54, 1.807) is 34.6 Å². The number of carboxylic acids is 1. The molecule has 234 valence electrons. The van der Waals surface area contributed by atoms with Crippen LogP contribution in [-0.2, 0) is 33.6 Å². The zero-order valence-corrected chi connectivity index (χ0v) is 25.1. The average Bonchev–Trinajstić information content (AvgIpc) is 2.88. The van der Waals surface area contributed by atoms with E-state index in [9.17, 15) is 38.7 Å². The molecular formula is C26H47N7O8. The van der Waals surface area contributed by atoms with Crippen LogP contribution in [0.2, 0.25) is 0 Å². The molecule has 0 aromatic heterocycles. The summed E-state index contributed by atoms with van der Waals surface area (Å²) in [7, 11) is 0.